The minimum absolute atomic E-state index is 0.0538. The van der Waals surface area contributed by atoms with Gasteiger partial charge in [-0.2, -0.15) is 5.26 Å². The number of carbonyl (C=O) groups is 2. The number of halogens is 1. The number of rotatable bonds is 5. The van der Waals surface area contributed by atoms with Gasteiger partial charge >= 0.3 is 0 Å². The highest BCUT2D eigenvalue weighted by molar-refractivity contribution is 6.31. The Kier molecular flexibility index (Phi) is 5.71. The van der Waals surface area contributed by atoms with Gasteiger partial charge in [0.15, 0.2) is 0 Å². The molecule has 1 heterocycles. The molecule has 3 rings (SSSR count). The van der Waals surface area contributed by atoms with E-state index in [9.17, 15) is 9.59 Å². The lowest BCUT2D eigenvalue weighted by atomic mass is 10.2. The summed E-state index contributed by atoms with van der Waals surface area (Å²) >= 11 is 6.03. The number of amides is 2. The number of anilines is 1. The van der Waals surface area contributed by atoms with Crippen molar-refractivity contribution in [2.24, 2.45) is 0 Å². The number of likely N-dealkylation sites (tertiary alicyclic amines) is 1. The zero-order valence-corrected chi connectivity index (χ0v) is 16.1. The smallest absolute Gasteiger partial charge is 0.247 e. The number of ether oxygens (including phenoxy) is 2. The zero-order valence-electron chi connectivity index (χ0n) is 15.4. The first-order chi connectivity index (χ1) is 13.4. The van der Waals surface area contributed by atoms with Crippen molar-refractivity contribution in [2.75, 3.05) is 19.5 Å². The summed E-state index contributed by atoms with van der Waals surface area (Å²) in [4.78, 5) is 25.7. The van der Waals surface area contributed by atoms with Crippen molar-refractivity contribution >= 4 is 29.1 Å². The van der Waals surface area contributed by atoms with Gasteiger partial charge in [-0.05, 0) is 30.7 Å². The van der Waals surface area contributed by atoms with Crippen LogP contribution in [0.5, 0.6) is 17.2 Å². The van der Waals surface area contributed by atoms with Crippen LogP contribution in [0.3, 0.4) is 0 Å². The molecular weight excluding hydrogens is 382 g/mol. The van der Waals surface area contributed by atoms with Crippen LogP contribution in [0.15, 0.2) is 36.4 Å². The summed E-state index contributed by atoms with van der Waals surface area (Å²) in [5, 5.41) is 12.0. The monoisotopic (exact) mass is 399 g/mol. The summed E-state index contributed by atoms with van der Waals surface area (Å²) in [6.45, 7) is 0. The minimum Gasteiger partial charge on any atom is -0.495 e. The van der Waals surface area contributed by atoms with Gasteiger partial charge in [0.2, 0.25) is 11.8 Å². The summed E-state index contributed by atoms with van der Waals surface area (Å²) in [6.07, 6.45) is 0.831. The molecule has 0 aromatic heterocycles. The molecule has 0 unspecified atom stereocenters. The van der Waals surface area contributed by atoms with Crippen LogP contribution >= 0.6 is 11.6 Å². The fraction of sp³-hybridized carbons (Fsp3) is 0.250. The van der Waals surface area contributed by atoms with Crippen molar-refractivity contribution in [1.29, 1.82) is 5.26 Å². The van der Waals surface area contributed by atoms with E-state index in [0.29, 0.717) is 41.3 Å². The van der Waals surface area contributed by atoms with Crippen molar-refractivity contribution in [3.05, 3.63) is 47.0 Å². The molecule has 1 N–H and O–H groups in total. The molecule has 1 fully saturated rings. The lowest BCUT2D eigenvalue weighted by molar-refractivity contribution is -0.131. The van der Waals surface area contributed by atoms with Crippen LogP contribution in [0.4, 0.5) is 5.69 Å². The lowest BCUT2D eigenvalue weighted by Crippen LogP contribution is -2.38. The predicted molar refractivity (Wildman–Crippen MR) is 104 cm³/mol. The lowest BCUT2D eigenvalue weighted by Gasteiger charge is -2.20. The van der Waals surface area contributed by atoms with Crippen LogP contribution in [-0.2, 0) is 9.59 Å². The highest BCUT2D eigenvalue weighted by atomic mass is 35.5. The number of methoxy groups -OCH3 is 1. The maximum absolute atomic E-state index is 12.6. The molecule has 0 radical (unpaired) electrons. The van der Waals surface area contributed by atoms with Gasteiger partial charge < -0.3 is 19.7 Å². The van der Waals surface area contributed by atoms with Crippen molar-refractivity contribution in [3.63, 3.8) is 0 Å². The van der Waals surface area contributed by atoms with Gasteiger partial charge in [-0.25, -0.2) is 0 Å². The van der Waals surface area contributed by atoms with Gasteiger partial charge in [0.1, 0.15) is 29.4 Å². The molecule has 0 bridgehead atoms. The van der Waals surface area contributed by atoms with Gasteiger partial charge in [-0.3, -0.25) is 9.59 Å². The summed E-state index contributed by atoms with van der Waals surface area (Å²) < 4.78 is 11.1. The topological polar surface area (TPSA) is 91.7 Å². The summed E-state index contributed by atoms with van der Waals surface area (Å²) in [7, 11) is 3.11. The van der Waals surface area contributed by atoms with E-state index < -0.39 is 6.04 Å². The summed E-state index contributed by atoms with van der Waals surface area (Å²) in [5.41, 5.74) is 0.782. The Morgan fingerprint density at radius 3 is 2.61 bits per heavy atom. The predicted octanol–water partition coefficient (Wildman–Crippen LogP) is 3.57. The van der Waals surface area contributed by atoms with Gasteiger partial charge in [-0.15, -0.1) is 0 Å². The number of hydrogen-bond donors (Lipinski definition) is 1. The molecule has 144 valence electrons. The molecule has 1 saturated heterocycles. The van der Waals surface area contributed by atoms with Gasteiger partial charge in [0.25, 0.3) is 0 Å². The van der Waals surface area contributed by atoms with E-state index in [1.807, 2.05) is 6.07 Å². The van der Waals surface area contributed by atoms with E-state index in [-0.39, 0.29) is 16.8 Å². The third-order valence-electron chi connectivity index (χ3n) is 4.52. The summed E-state index contributed by atoms with van der Waals surface area (Å²) in [6, 6.07) is 11.2. The number of hydrogen-bond acceptors (Lipinski definition) is 5. The largest absolute Gasteiger partial charge is 0.495 e. The Labute approximate surface area is 167 Å². The molecule has 8 heteroatoms. The fourth-order valence-electron chi connectivity index (χ4n) is 2.96. The second kappa shape index (κ2) is 8.19. The standard InChI is InChI=1S/C20H18ClN3O4/c1-24-17(6-8-19(24)25)20(26)23-16-10-14(5-7-18(16)27-2)28-13-4-3-12(11-22)15(21)9-13/h3-5,7,9-10,17H,6,8H2,1-2H3,(H,23,26)/t17-/m0/s1. The molecule has 0 spiro atoms. The fourth-order valence-corrected chi connectivity index (χ4v) is 3.17. The SMILES string of the molecule is COc1ccc(Oc2ccc(C#N)c(Cl)c2)cc1NC(=O)[C@@H]1CCC(=O)N1C. The number of benzene rings is 2. The Balaban J connectivity index is 1.80. The highest BCUT2D eigenvalue weighted by Crippen LogP contribution is 2.33. The Hall–Kier alpha value is -3.24. The molecule has 1 atom stereocenters. The molecule has 28 heavy (non-hydrogen) atoms. The van der Waals surface area contributed by atoms with E-state index >= 15 is 0 Å². The van der Waals surface area contributed by atoms with E-state index in [2.05, 4.69) is 5.32 Å². The molecule has 2 amide bonds. The van der Waals surface area contributed by atoms with Crippen LogP contribution in [0, 0.1) is 11.3 Å². The van der Waals surface area contributed by atoms with E-state index in [1.54, 1.807) is 43.4 Å². The first-order valence-electron chi connectivity index (χ1n) is 8.55. The number of nitrogens with one attached hydrogen (secondary N) is 1. The van der Waals surface area contributed by atoms with Crippen molar-refractivity contribution in [3.8, 4) is 23.3 Å². The molecular formula is C20H18ClN3O4. The molecule has 7 nitrogen and oxygen atoms in total. The first-order valence-corrected chi connectivity index (χ1v) is 8.92. The third kappa shape index (κ3) is 4.02. The maximum Gasteiger partial charge on any atom is 0.247 e. The molecule has 0 aliphatic carbocycles. The van der Waals surface area contributed by atoms with Crippen molar-refractivity contribution in [2.45, 2.75) is 18.9 Å². The second-order valence-electron chi connectivity index (χ2n) is 6.27. The third-order valence-corrected chi connectivity index (χ3v) is 4.83. The Morgan fingerprint density at radius 1 is 1.29 bits per heavy atom. The van der Waals surface area contributed by atoms with Crippen LogP contribution in [0.25, 0.3) is 0 Å². The summed E-state index contributed by atoms with van der Waals surface area (Å²) in [5.74, 6) is 1.03. The molecule has 1 aliphatic heterocycles. The zero-order chi connectivity index (χ0) is 20.3. The van der Waals surface area contributed by atoms with E-state index in [4.69, 9.17) is 26.3 Å². The average Bonchev–Trinajstić information content (AvgIpc) is 3.01. The quantitative estimate of drug-likeness (QED) is 0.829. The molecule has 2 aromatic rings. The van der Waals surface area contributed by atoms with Gasteiger partial charge in [-0.1, -0.05) is 11.6 Å². The van der Waals surface area contributed by atoms with Crippen molar-refractivity contribution in [1.82, 2.24) is 4.90 Å². The first kappa shape index (κ1) is 19.5. The van der Waals surface area contributed by atoms with Gasteiger partial charge in [0.05, 0.1) is 23.4 Å². The maximum atomic E-state index is 12.6. The second-order valence-corrected chi connectivity index (χ2v) is 6.67. The molecule has 2 aromatic carbocycles. The highest BCUT2D eigenvalue weighted by Gasteiger charge is 2.33. The number of likely N-dealkylation sites (N-methyl/N-ethyl adjacent to an activating group) is 1. The number of nitriles is 1. The Bertz CT molecular complexity index is 970. The van der Waals surface area contributed by atoms with Crippen LogP contribution < -0.4 is 14.8 Å². The van der Waals surface area contributed by atoms with Crippen LogP contribution in [0.1, 0.15) is 18.4 Å². The average molecular weight is 400 g/mol. The molecule has 0 saturated carbocycles. The van der Waals surface area contributed by atoms with E-state index in [0.717, 1.165) is 0 Å². The number of nitrogens with zero attached hydrogens (tertiary/aromatic N) is 2. The van der Waals surface area contributed by atoms with Gasteiger partial charge in [0, 0.05) is 25.6 Å². The van der Waals surface area contributed by atoms with Crippen LogP contribution in [0.2, 0.25) is 5.02 Å². The number of carbonyl (C=O) groups excluding carboxylic acids is 2. The molecule has 1 aliphatic rings. The normalized spacial score (nSPS) is 15.9. The van der Waals surface area contributed by atoms with Crippen molar-refractivity contribution < 1.29 is 19.1 Å². The van der Waals surface area contributed by atoms with Crippen LogP contribution in [-0.4, -0.2) is 36.9 Å². The Morgan fingerprint density at radius 2 is 2.00 bits per heavy atom. The van der Waals surface area contributed by atoms with E-state index in [1.165, 1.54) is 12.0 Å². The minimum atomic E-state index is -0.515.